The van der Waals surface area contributed by atoms with E-state index in [0.717, 1.165) is 0 Å². The van der Waals surface area contributed by atoms with Crippen LogP contribution in [0.3, 0.4) is 0 Å². The molecule has 0 amide bonds. The molecular formula is C21H28O7. The number of phenols is 1. The predicted molar refractivity (Wildman–Crippen MR) is 101 cm³/mol. The summed E-state index contributed by atoms with van der Waals surface area (Å²) in [6.45, 7) is 4.15. The van der Waals surface area contributed by atoms with Crippen molar-refractivity contribution >= 4 is 17.7 Å². The molecule has 1 aromatic carbocycles. The van der Waals surface area contributed by atoms with Crippen LogP contribution in [0.4, 0.5) is 0 Å². The summed E-state index contributed by atoms with van der Waals surface area (Å²) < 4.78 is 16.1. The molecule has 0 aliphatic carbocycles. The minimum atomic E-state index is -0.823. The van der Waals surface area contributed by atoms with Crippen LogP contribution in [-0.2, 0) is 19.1 Å². The van der Waals surface area contributed by atoms with Crippen molar-refractivity contribution in [3.63, 3.8) is 0 Å². The van der Waals surface area contributed by atoms with E-state index in [0.29, 0.717) is 50.2 Å². The van der Waals surface area contributed by atoms with Gasteiger partial charge in [0.2, 0.25) is 0 Å². The molecule has 0 radical (unpaired) electrons. The number of benzene rings is 1. The van der Waals surface area contributed by atoms with Gasteiger partial charge in [0.25, 0.3) is 0 Å². The van der Waals surface area contributed by atoms with Crippen LogP contribution in [-0.4, -0.2) is 41.6 Å². The van der Waals surface area contributed by atoms with E-state index in [1.54, 1.807) is 19.9 Å². The Balaban J connectivity index is 2.11. The molecule has 0 aromatic heterocycles. The molecule has 28 heavy (non-hydrogen) atoms. The zero-order chi connectivity index (χ0) is 20.6. The Bertz CT molecular complexity index is 687. The molecule has 2 rings (SSSR count). The van der Waals surface area contributed by atoms with Crippen LogP contribution in [0.15, 0.2) is 18.2 Å². The number of esters is 2. The average molecular weight is 392 g/mol. The molecule has 1 N–H and O–H groups in total. The normalized spacial score (nSPS) is 14.7. The maximum Gasteiger partial charge on any atom is 0.305 e. The maximum atomic E-state index is 12.7. The Morgan fingerprint density at radius 2 is 1.64 bits per heavy atom. The molecule has 1 aliphatic rings. The fourth-order valence-corrected chi connectivity index (χ4v) is 3.46. The van der Waals surface area contributed by atoms with E-state index in [1.165, 1.54) is 12.1 Å². The number of aromatic hydroxyl groups is 1. The highest BCUT2D eigenvalue weighted by atomic mass is 16.5. The topological polar surface area (TPSA) is 99.1 Å². The first kappa shape index (κ1) is 21.7. The van der Waals surface area contributed by atoms with E-state index in [4.69, 9.17) is 14.2 Å². The van der Waals surface area contributed by atoms with Crippen LogP contribution in [0.25, 0.3) is 0 Å². The lowest BCUT2D eigenvalue weighted by Gasteiger charge is -2.38. The lowest BCUT2D eigenvalue weighted by atomic mass is 9.82. The smallest absolute Gasteiger partial charge is 0.305 e. The molecule has 0 saturated carbocycles. The van der Waals surface area contributed by atoms with Crippen LogP contribution in [0, 0.1) is 0 Å². The van der Waals surface area contributed by atoms with Crippen molar-refractivity contribution in [3.8, 4) is 11.5 Å². The molecular weight excluding hydrogens is 364 g/mol. The van der Waals surface area contributed by atoms with E-state index in [1.807, 2.05) is 0 Å². The van der Waals surface area contributed by atoms with Crippen molar-refractivity contribution in [3.05, 3.63) is 23.8 Å². The van der Waals surface area contributed by atoms with Crippen LogP contribution < -0.4 is 4.74 Å². The Labute approximate surface area is 165 Å². The largest absolute Gasteiger partial charge is 0.508 e. The number of phenolic OH excluding ortho intramolecular Hbond substituents is 1. The van der Waals surface area contributed by atoms with Gasteiger partial charge in [0, 0.05) is 18.9 Å². The molecule has 0 atom stereocenters. The van der Waals surface area contributed by atoms with Gasteiger partial charge in [-0.25, -0.2) is 0 Å². The Morgan fingerprint density at radius 3 is 2.18 bits per heavy atom. The Morgan fingerprint density at radius 1 is 1.07 bits per heavy atom. The first-order chi connectivity index (χ1) is 13.4. The van der Waals surface area contributed by atoms with Crippen molar-refractivity contribution < 1.29 is 33.7 Å². The van der Waals surface area contributed by atoms with E-state index >= 15 is 0 Å². The fraction of sp³-hybridized carbons (Fsp3) is 0.571. The second-order valence-electron chi connectivity index (χ2n) is 6.88. The van der Waals surface area contributed by atoms with Gasteiger partial charge in [-0.15, -0.1) is 0 Å². The molecule has 7 heteroatoms. The molecule has 1 heterocycles. The van der Waals surface area contributed by atoms with E-state index < -0.39 is 5.60 Å². The van der Waals surface area contributed by atoms with E-state index in [9.17, 15) is 19.5 Å². The number of hydrogen-bond acceptors (Lipinski definition) is 7. The van der Waals surface area contributed by atoms with Crippen molar-refractivity contribution in [1.29, 1.82) is 0 Å². The molecule has 7 nitrogen and oxygen atoms in total. The number of hydrogen-bond donors (Lipinski definition) is 1. The zero-order valence-electron chi connectivity index (χ0n) is 16.5. The first-order valence-electron chi connectivity index (χ1n) is 9.75. The summed E-state index contributed by atoms with van der Waals surface area (Å²) in [5.74, 6) is -0.300. The monoisotopic (exact) mass is 392 g/mol. The van der Waals surface area contributed by atoms with Crippen molar-refractivity contribution in [2.24, 2.45) is 0 Å². The Kier molecular flexibility index (Phi) is 7.84. The number of ketones is 1. The van der Waals surface area contributed by atoms with E-state index in [-0.39, 0.29) is 42.7 Å². The van der Waals surface area contributed by atoms with Gasteiger partial charge in [-0.1, -0.05) is 0 Å². The van der Waals surface area contributed by atoms with E-state index in [2.05, 4.69) is 0 Å². The summed E-state index contributed by atoms with van der Waals surface area (Å²) in [6, 6.07) is 4.43. The highest BCUT2D eigenvalue weighted by Crippen LogP contribution is 2.40. The van der Waals surface area contributed by atoms with Gasteiger partial charge in [0.1, 0.15) is 17.1 Å². The number of ether oxygens (including phenoxy) is 3. The number of rotatable bonds is 10. The summed E-state index contributed by atoms with van der Waals surface area (Å²) in [5.41, 5.74) is -0.388. The average Bonchev–Trinajstić information content (AvgIpc) is 2.61. The molecule has 154 valence electrons. The van der Waals surface area contributed by atoms with Crippen LogP contribution in [0.2, 0.25) is 0 Å². The van der Waals surface area contributed by atoms with Crippen molar-refractivity contribution in [1.82, 2.24) is 0 Å². The number of carbonyl (C=O) groups excluding carboxylic acids is 3. The number of Topliss-reactive ketones (excluding diaryl/α,β-unsaturated/α-hetero) is 1. The van der Waals surface area contributed by atoms with Crippen molar-refractivity contribution in [2.45, 2.75) is 64.4 Å². The van der Waals surface area contributed by atoms with Gasteiger partial charge in [0.05, 0.1) is 25.2 Å². The second-order valence-corrected chi connectivity index (χ2v) is 6.88. The Hall–Kier alpha value is -2.57. The third kappa shape index (κ3) is 5.97. The lowest BCUT2D eigenvalue weighted by Crippen LogP contribution is -2.42. The van der Waals surface area contributed by atoms with Gasteiger partial charge in [0.15, 0.2) is 5.78 Å². The van der Waals surface area contributed by atoms with Gasteiger partial charge in [-0.2, -0.15) is 0 Å². The second kappa shape index (κ2) is 10.1. The highest BCUT2D eigenvalue weighted by molar-refractivity contribution is 6.00. The fourth-order valence-electron chi connectivity index (χ4n) is 3.46. The van der Waals surface area contributed by atoms with Crippen molar-refractivity contribution in [2.75, 3.05) is 13.2 Å². The summed E-state index contributed by atoms with van der Waals surface area (Å²) in [5, 5.41) is 9.75. The van der Waals surface area contributed by atoms with Gasteiger partial charge >= 0.3 is 11.9 Å². The number of carbonyl (C=O) groups is 3. The maximum absolute atomic E-state index is 12.7. The molecule has 0 saturated heterocycles. The minimum absolute atomic E-state index is 0.0143. The molecule has 0 unspecified atom stereocenters. The quantitative estimate of drug-likeness (QED) is 0.608. The van der Waals surface area contributed by atoms with Crippen LogP contribution >= 0.6 is 0 Å². The summed E-state index contributed by atoms with van der Waals surface area (Å²) in [6.07, 6.45) is 2.57. The first-order valence-corrected chi connectivity index (χ1v) is 9.75. The molecule has 1 aromatic rings. The lowest BCUT2D eigenvalue weighted by molar-refractivity contribution is -0.144. The molecule has 1 aliphatic heterocycles. The summed E-state index contributed by atoms with van der Waals surface area (Å²) >= 11 is 0. The highest BCUT2D eigenvalue weighted by Gasteiger charge is 2.40. The minimum Gasteiger partial charge on any atom is -0.508 e. The zero-order valence-corrected chi connectivity index (χ0v) is 16.5. The van der Waals surface area contributed by atoms with Crippen LogP contribution in [0.5, 0.6) is 11.5 Å². The van der Waals surface area contributed by atoms with Crippen LogP contribution in [0.1, 0.15) is 69.2 Å². The SMILES string of the molecule is CCOC(=O)CCCC1(CCCC(=O)OCC)CC(=O)c2ccc(O)cc2O1. The molecule has 0 spiro atoms. The predicted octanol–water partition coefficient (Wildman–Crippen LogP) is 3.56. The molecule has 0 fully saturated rings. The number of fused-ring (bicyclic) bond motifs is 1. The molecule has 0 bridgehead atoms. The third-order valence-electron chi connectivity index (χ3n) is 4.71. The standard InChI is InChI=1S/C21H28O7/c1-3-26-19(24)7-5-11-21(12-6-8-20(25)27-4-2)14-17(23)16-10-9-15(22)13-18(16)28-21/h9-10,13,22H,3-8,11-12,14H2,1-2H3. The summed E-state index contributed by atoms with van der Waals surface area (Å²) in [7, 11) is 0. The van der Waals surface area contributed by atoms with Gasteiger partial charge in [-0.3, -0.25) is 14.4 Å². The third-order valence-corrected chi connectivity index (χ3v) is 4.71. The van der Waals surface area contributed by atoms with Gasteiger partial charge < -0.3 is 19.3 Å². The summed E-state index contributed by atoms with van der Waals surface area (Å²) in [4.78, 5) is 36.0. The van der Waals surface area contributed by atoms with Gasteiger partial charge in [-0.05, 0) is 51.7 Å².